The topological polar surface area (TPSA) is 49.3 Å². The Morgan fingerprint density at radius 2 is 1.93 bits per heavy atom. The van der Waals surface area contributed by atoms with Crippen molar-refractivity contribution in [3.63, 3.8) is 0 Å². The smallest absolute Gasteiger partial charge is 0.225 e. The summed E-state index contributed by atoms with van der Waals surface area (Å²) < 4.78 is 0. The first-order valence-electron chi connectivity index (χ1n) is 5.87. The predicted molar refractivity (Wildman–Crippen MR) is 60.4 cm³/mol. The molecule has 0 aromatic rings. The van der Waals surface area contributed by atoms with E-state index < -0.39 is 0 Å². The van der Waals surface area contributed by atoms with Crippen LogP contribution in [0.5, 0.6) is 0 Å². The highest BCUT2D eigenvalue weighted by molar-refractivity contribution is 5.81. The van der Waals surface area contributed by atoms with Gasteiger partial charge in [-0.1, -0.05) is 33.6 Å². The zero-order chi connectivity index (χ0) is 11.5. The van der Waals surface area contributed by atoms with Gasteiger partial charge in [-0.3, -0.25) is 4.79 Å². The minimum atomic E-state index is -0.336. The lowest BCUT2D eigenvalue weighted by Crippen LogP contribution is -2.47. The number of rotatable bonds is 2. The maximum Gasteiger partial charge on any atom is 0.225 e. The van der Waals surface area contributed by atoms with Crippen molar-refractivity contribution in [1.82, 2.24) is 5.32 Å². The minimum absolute atomic E-state index is 0.0906. The normalized spacial score (nSPS) is 27.5. The van der Waals surface area contributed by atoms with E-state index in [4.69, 9.17) is 0 Å². The molecule has 3 nitrogen and oxygen atoms in total. The van der Waals surface area contributed by atoms with Crippen molar-refractivity contribution < 1.29 is 9.90 Å². The van der Waals surface area contributed by atoms with Gasteiger partial charge in [-0.2, -0.15) is 0 Å². The second kappa shape index (κ2) is 4.97. The van der Waals surface area contributed by atoms with Crippen molar-refractivity contribution in [2.24, 2.45) is 11.3 Å². The number of amides is 1. The van der Waals surface area contributed by atoms with Crippen LogP contribution in [0.4, 0.5) is 0 Å². The molecule has 88 valence electrons. The van der Waals surface area contributed by atoms with Crippen LogP contribution in [0.15, 0.2) is 0 Å². The Morgan fingerprint density at radius 1 is 1.33 bits per heavy atom. The van der Waals surface area contributed by atoms with E-state index >= 15 is 0 Å². The lowest BCUT2D eigenvalue weighted by Gasteiger charge is -2.33. The fraction of sp³-hybridized carbons (Fsp3) is 0.917. The first-order chi connectivity index (χ1) is 6.95. The van der Waals surface area contributed by atoms with Crippen LogP contribution in [0.25, 0.3) is 0 Å². The molecule has 2 N–H and O–H groups in total. The van der Waals surface area contributed by atoms with Crippen LogP contribution in [-0.2, 0) is 4.79 Å². The molecule has 0 aromatic carbocycles. The summed E-state index contributed by atoms with van der Waals surface area (Å²) >= 11 is 0. The zero-order valence-corrected chi connectivity index (χ0v) is 10.0. The molecular weight excluding hydrogens is 190 g/mol. The van der Waals surface area contributed by atoms with Gasteiger partial charge in [-0.25, -0.2) is 0 Å². The van der Waals surface area contributed by atoms with Crippen LogP contribution in [0.3, 0.4) is 0 Å². The molecule has 0 aromatic heterocycles. The lowest BCUT2D eigenvalue weighted by molar-refractivity contribution is -0.130. The summed E-state index contributed by atoms with van der Waals surface area (Å²) in [6, 6.07) is 0.176. The molecule has 1 rings (SSSR count). The van der Waals surface area contributed by atoms with Crippen LogP contribution in [-0.4, -0.2) is 23.7 Å². The van der Waals surface area contributed by atoms with Crippen molar-refractivity contribution in [1.29, 1.82) is 0 Å². The van der Waals surface area contributed by atoms with Gasteiger partial charge in [-0.05, 0) is 12.8 Å². The Morgan fingerprint density at radius 3 is 2.47 bits per heavy atom. The van der Waals surface area contributed by atoms with Gasteiger partial charge in [0.25, 0.3) is 0 Å². The number of aliphatic hydroxyl groups is 1. The molecule has 0 radical (unpaired) electrons. The number of hydrogen-bond acceptors (Lipinski definition) is 2. The lowest BCUT2D eigenvalue weighted by atomic mass is 9.84. The van der Waals surface area contributed by atoms with Crippen molar-refractivity contribution in [3.05, 3.63) is 0 Å². The van der Waals surface area contributed by atoms with Gasteiger partial charge >= 0.3 is 0 Å². The summed E-state index contributed by atoms with van der Waals surface area (Å²) in [5.74, 6) is 0.345. The molecular formula is C12H23NO2. The third-order valence-electron chi connectivity index (χ3n) is 3.14. The molecule has 1 fully saturated rings. The highest BCUT2D eigenvalue weighted by Gasteiger charge is 2.29. The summed E-state index contributed by atoms with van der Waals surface area (Å²) in [7, 11) is 0. The number of carbonyl (C=O) groups is 1. The number of aliphatic hydroxyl groups excluding tert-OH is 1. The highest BCUT2D eigenvalue weighted by Crippen LogP contribution is 2.25. The van der Waals surface area contributed by atoms with Gasteiger partial charge in [-0.15, -0.1) is 0 Å². The fourth-order valence-corrected chi connectivity index (χ4v) is 2.00. The Labute approximate surface area is 92.3 Å². The van der Waals surface area contributed by atoms with Crippen LogP contribution in [0, 0.1) is 11.3 Å². The largest absolute Gasteiger partial charge is 0.396 e. The van der Waals surface area contributed by atoms with Gasteiger partial charge in [0.2, 0.25) is 5.91 Å². The molecule has 0 bridgehead atoms. The van der Waals surface area contributed by atoms with Gasteiger partial charge in [0, 0.05) is 24.0 Å². The molecule has 0 heterocycles. The predicted octanol–water partition coefficient (Wildman–Crippen LogP) is 1.70. The maximum atomic E-state index is 11.8. The van der Waals surface area contributed by atoms with Crippen LogP contribution < -0.4 is 5.32 Å². The summed E-state index contributed by atoms with van der Waals surface area (Å²) in [5, 5.41) is 12.3. The molecule has 1 aliphatic rings. The third-order valence-corrected chi connectivity index (χ3v) is 3.14. The Bertz CT molecular complexity index is 220. The van der Waals surface area contributed by atoms with Gasteiger partial charge in [0.15, 0.2) is 0 Å². The van der Waals surface area contributed by atoms with Crippen molar-refractivity contribution in [2.45, 2.75) is 52.5 Å². The Hall–Kier alpha value is -0.570. The molecule has 0 spiro atoms. The van der Waals surface area contributed by atoms with E-state index in [1.807, 2.05) is 20.8 Å². The van der Waals surface area contributed by atoms with Gasteiger partial charge in [0.1, 0.15) is 0 Å². The molecule has 2 atom stereocenters. The van der Waals surface area contributed by atoms with E-state index in [0.29, 0.717) is 0 Å². The first-order valence-corrected chi connectivity index (χ1v) is 5.87. The molecule has 1 saturated carbocycles. The monoisotopic (exact) mass is 213 g/mol. The SMILES string of the molecule is CC(C)(C)C(=O)NC1CCCCC1CO. The zero-order valence-electron chi connectivity index (χ0n) is 10.0. The van der Waals surface area contributed by atoms with E-state index in [-0.39, 0.29) is 29.9 Å². The van der Waals surface area contributed by atoms with Gasteiger partial charge < -0.3 is 10.4 Å². The molecule has 0 aliphatic heterocycles. The average molecular weight is 213 g/mol. The standard InChI is InChI=1S/C12H23NO2/c1-12(2,3)11(15)13-10-7-5-4-6-9(10)8-14/h9-10,14H,4-8H2,1-3H3,(H,13,15). The second-order valence-electron chi connectivity index (χ2n) is 5.56. The molecule has 2 unspecified atom stereocenters. The number of carbonyl (C=O) groups excluding carboxylic acids is 1. The summed E-state index contributed by atoms with van der Waals surface area (Å²) in [5.41, 5.74) is -0.336. The van der Waals surface area contributed by atoms with Crippen LogP contribution >= 0.6 is 0 Å². The summed E-state index contributed by atoms with van der Waals surface area (Å²) in [6.45, 7) is 5.94. The third kappa shape index (κ3) is 3.49. The molecule has 1 amide bonds. The number of nitrogens with one attached hydrogen (secondary N) is 1. The average Bonchev–Trinajstić information content (AvgIpc) is 2.17. The van der Waals surface area contributed by atoms with E-state index in [1.54, 1.807) is 0 Å². The highest BCUT2D eigenvalue weighted by atomic mass is 16.3. The molecule has 3 heteroatoms. The van der Waals surface area contributed by atoms with E-state index in [9.17, 15) is 9.90 Å². The Kier molecular flexibility index (Phi) is 4.14. The fourth-order valence-electron chi connectivity index (χ4n) is 2.00. The maximum absolute atomic E-state index is 11.8. The second-order valence-corrected chi connectivity index (χ2v) is 5.56. The van der Waals surface area contributed by atoms with E-state index in [2.05, 4.69) is 5.32 Å². The van der Waals surface area contributed by atoms with E-state index in [0.717, 1.165) is 19.3 Å². The van der Waals surface area contributed by atoms with Gasteiger partial charge in [0.05, 0.1) is 0 Å². The van der Waals surface area contributed by atoms with Crippen molar-refractivity contribution >= 4 is 5.91 Å². The first kappa shape index (κ1) is 12.5. The van der Waals surface area contributed by atoms with E-state index in [1.165, 1.54) is 6.42 Å². The van der Waals surface area contributed by atoms with Crippen LogP contribution in [0.2, 0.25) is 0 Å². The van der Waals surface area contributed by atoms with Crippen LogP contribution in [0.1, 0.15) is 46.5 Å². The summed E-state index contributed by atoms with van der Waals surface area (Å²) in [6.07, 6.45) is 4.37. The quantitative estimate of drug-likeness (QED) is 0.733. The number of hydrogen-bond donors (Lipinski definition) is 2. The van der Waals surface area contributed by atoms with Crippen molar-refractivity contribution in [3.8, 4) is 0 Å². The molecule has 15 heavy (non-hydrogen) atoms. The Balaban J connectivity index is 2.52. The molecule has 1 aliphatic carbocycles. The van der Waals surface area contributed by atoms with Crippen molar-refractivity contribution in [2.75, 3.05) is 6.61 Å². The minimum Gasteiger partial charge on any atom is -0.396 e. The summed E-state index contributed by atoms with van der Waals surface area (Å²) in [4.78, 5) is 11.8. The molecule has 0 saturated heterocycles.